The van der Waals surface area contributed by atoms with Gasteiger partial charge in [0.05, 0.1) is 5.02 Å². The summed E-state index contributed by atoms with van der Waals surface area (Å²) in [5.74, 6) is -0.990. The first-order valence-electron chi connectivity index (χ1n) is 4.88. The lowest BCUT2D eigenvalue weighted by Gasteiger charge is -2.20. The summed E-state index contributed by atoms with van der Waals surface area (Å²) in [4.78, 5) is 11.6. The van der Waals surface area contributed by atoms with E-state index in [0.29, 0.717) is 0 Å². The number of phenols is 1. The average Bonchev–Trinajstić information content (AvgIpc) is 2.46. The van der Waals surface area contributed by atoms with Gasteiger partial charge in [0.15, 0.2) is 0 Å². The molecular weight excluding hydrogens is 249 g/mol. The van der Waals surface area contributed by atoms with Gasteiger partial charge in [0.1, 0.15) is 22.9 Å². The molecule has 2 rings (SSSR count). The Bertz CT molecular complexity index is 493. The molecule has 0 aromatic heterocycles. The number of urea groups is 1. The Morgan fingerprint density at radius 3 is 2.65 bits per heavy atom. The van der Waals surface area contributed by atoms with Gasteiger partial charge < -0.3 is 10.4 Å². The van der Waals surface area contributed by atoms with Crippen LogP contribution in [0.15, 0.2) is 12.1 Å². The number of halogens is 2. The molecule has 0 unspecified atom stereocenters. The highest BCUT2D eigenvalue weighted by atomic mass is 35.5. The smallest absolute Gasteiger partial charge is 0.338 e. The molecule has 0 spiro atoms. The summed E-state index contributed by atoms with van der Waals surface area (Å²) in [6, 6.07) is 1.54. The molecule has 1 aromatic rings. The van der Waals surface area contributed by atoms with Crippen LogP contribution in [0, 0.1) is 5.82 Å². The van der Waals surface area contributed by atoms with Crippen molar-refractivity contribution in [3.05, 3.63) is 23.0 Å². The third-order valence-electron chi connectivity index (χ3n) is 2.27. The van der Waals surface area contributed by atoms with Gasteiger partial charge >= 0.3 is 6.03 Å². The number of amides is 2. The normalized spacial score (nSPS) is 18.4. The maximum absolute atomic E-state index is 13.7. The number of hydrogen-bond acceptors (Lipinski definition) is 3. The molecule has 3 N–H and O–H groups in total. The Morgan fingerprint density at radius 1 is 1.47 bits per heavy atom. The van der Waals surface area contributed by atoms with Gasteiger partial charge in [-0.05, 0) is 19.9 Å². The number of hydrazine groups is 1. The van der Waals surface area contributed by atoms with Crippen molar-refractivity contribution in [1.82, 2.24) is 10.7 Å². The van der Waals surface area contributed by atoms with Gasteiger partial charge in [-0.15, -0.1) is 0 Å². The first kappa shape index (κ1) is 11.9. The SMILES string of the molecule is CC1(C)NC(=O)N(c2cc(O)c(Cl)cc2F)N1. The summed E-state index contributed by atoms with van der Waals surface area (Å²) in [5.41, 5.74) is 1.99. The molecule has 17 heavy (non-hydrogen) atoms. The minimum Gasteiger partial charge on any atom is -0.506 e. The molecule has 1 aromatic carbocycles. The molecule has 1 saturated heterocycles. The first-order chi connectivity index (χ1) is 7.80. The molecule has 7 heteroatoms. The van der Waals surface area contributed by atoms with E-state index in [1.165, 1.54) is 0 Å². The van der Waals surface area contributed by atoms with Gasteiger partial charge in [0.2, 0.25) is 0 Å². The molecule has 0 bridgehead atoms. The topological polar surface area (TPSA) is 64.6 Å². The van der Waals surface area contributed by atoms with Crippen molar-refractivity contribution >= 4 is 23.3 Å². The van der Waals surface area contributed by atoms with E-state index in [2.05, 4.69) is 10.7 Å². The zero-order valence-corrected chi connectivity index (χ0v) is 9.97. The molecule has 1 fully saturated rings. The molecule has 0 atom stereocenters. The van der Waals surface area contributed by atoms with Crippen LogP contribution in [0.3, 0.4) is 0 Å². The molecule has 2 amide bonds. The number of aromatic hydroxyl groups is 1. The van der Waals surface area contributed by atoms with Crippen molar-refractivity contribution in [1.29, 1.82) is 0 Å². The minimum absolute atomic E-state index is 0.0880. The number of rotatable bonds is 1. The monoisotopic (exact) mass is 259 g/mol. The van der Waals surface area contributed by atoms with E-state index in [4.69, 9.17) is 11.6 Å². The highest BCUT2D eigenvalue weighted by Gasteiger charge is 2.36. The number of nitrogens with zero attached hydrogens (tertiary/aromatic N) is 1. The number of phenolic OH excluding ortho intramolecular Hbond substituents is 1. The third kappa shape index (κ3) is 2.13. The molecule has 0 aliphatic carbocycles. The first-order valence-corrected chi connectivity index (χ1v) is 5.26. The van der Waals surface area contributed by atoms with E-state index in [9.17, 15) is 14.3 Å². The lowest BCUT2D eigenvalue weighted by Crippen LogP contribution is -2.45. The fraction of sp³-hybridized carbons (Fsp3) is 0.300. The molecule has 1 heterocycles. The fourth-order valence-corrected chi connectivity index (χ4v) is 1.70. The highest BCUT2D eigenvalue weighted by molar-refractivity contribution is 6.32. The Labute approximate surface area is 102 Å². The van der Waals surface area contributed by atoms with E-state index >= 15 is 0 Å². The second-order valence-electron chi connectivity index (χ2n) is 4.26. The van der Waals surface area contributed by atoms with Crippen LogP contribution in [0.5, 0.6) is 5.75 Å². The van der Waals surface area contributed by atoms with Crippen LogP contribution >= 0.6 is 11.6 Å². The highest BCUT2D eigenvalue weighted by Crippen LogP contribution is 2.32. The number of anilines is 1. The van der Waals surface area contributed by atoms with E-state index in [-0.39, 0.29) is 16.5 Å². The average molecular weight is 260 g/mol. The van der Waals surface area contributed by atoms with Crippen LogP contribution < -0.4 is 15.8 Å². The van der Waals surface area contributed by atoms with Gasteiger partial charge in [-0.2, -0.15) is 0 Å². The summed E-state index contributed by atoms with van der Waals surface area (Å²) in [5, 5.41) is 12.9. The molecule has 92 valence electrons. The Morgan fingerprint density at radius 2 is 2.12 bits per heavy atom. The minimum atomic E-state index is -0.701. The van der Waals surface area contributed by atoms with E-state index in [0.717, 1.165) is 17.1 Å². The quantitative estimate of drug-likeness (QED) is 0.722. The van der Waals surface area contributed by atoms with Gasteiger partial charge in [-0.1, -0.05) is 11.6 Å². The van der Waals surface area contributed by atoms with Crippen molar-refractivity contribution in [3.63, 3.8) is 0 Å². The van der Waals surface area contributed by atoms with Crippen LogP contribution in [0.1, 0.15) is 13.8 Å². The second-order valence-corrected chi connectivity index (χ2v) is 4.66. The maximum atomic E-state index is 13.7. The predicted octanol–water partition coefficient (Wildman–Crippen LogP) is 1.95. The van der Waals surface area contributed by atoms with E-state index in [1.807, 2.05) is 0 Å². The lowest BCUT2D eigenvalue weighted by molar-refractivity contribution is 0.248. The van der Waals surface area contributed by atoms with Gasteiger partial charge in [0.25, 0.3) is 0 Å². The predicted molar refractivity (Wildman–Crippen MR) is 61.3 cm³/mol. The number of nitrogens with one attached hydrogen (secondary N) is 2. The van der Waals surface area contributed by atoms with Crippen molar-refractivity contribution in [2.45, 2.75) is 19.5 Å². The zero-order valence-electron chi connectivity index (χ0n) is 9.21. The Balaban J connectivity index is 2.42. The Kier molecular flexibility index (Phi) is 2.63. The molecule has 1 aliphatic heterocycles. The Hall–Kier alpha value is -1.53. The number of benzene rings is 1. The van der Waals surface area contributed by atoms with Gasteiger partial charge in [-0.25, -0.2) is 19.6 Å². The van der Waals surface area contributed by atoms with E-state index in [1.54, 1.807) is 13.8 Å². The molecule has 0 radical (unpaired) electrons. The summed E-state index contributed by atoms with van der Waals surface area (Å²) < 4.78 is 13.7. The maximum Gasteiger partial charge on any atom is 0.338 e. The fourth-order valence-electron chi connectivity index (χ4n) is 1.55. The van der Waals surface area contributed by atoms with Crippen molar-refractivity contribution in [2.75, 3.05) is 5.01 Å². The van der Waals surface area contributed by atoms with E-state index < -0.39 is 17.5 Å². The van der Waals surface area contributed by atoms with Crippen LogP contribution in [-0.4, -0.2) is 16.8 Å². The summed E-state index contributed by atoms with van der Waals surface area (Å²) in [7, 11) is 0. The number of carbonyl (C=O) groups excluding carboxylic acids is 1. The largest absolute Gasteiger partial charge is 0.506 e. The van der Waals surface area contributed by atoms with Crippen molar-refractivity contribution < 1.29 is 14.3 Å². The molecular formula is C10H11ClFN3O2. The van der Waals surface area contributed by atoms with Crippen molar-refractivity contribution in [2.24, 2.45) is 0 Å². The van der Waals surface area contributed by atoms with Gasteiger partial charge in [0, 0.05) is 6.07 Å². The molecule has 0 saturated carbocycles. The summed E-state index contributed by atoms with van der Waals surface area (Å²) >= 11 is 5.56. The van der Waals surface area contributed by atoms with Crippen LogP contribution in [0.2, 0.25) is 5.02 Å². The summed E-state index contributed by atoms with van der Waals surface area (Å²) in [6.45, 7) is 3.44. The van der Waals surface area contributed by atoms with Gasteiger partial charge in [-0.3, -0.25) is 0 Å². The van der Waals surface area contributed by atoms with Crippen LogP contribution in [-0.2, 0) is 0 Å². The zero-order chi connectivity index (χ0) is 12.8. The number of carbonyl (C=O) groups is 1. The number of hydrogen-bond donors (Lipinski definition) is 3. The lowest BCUT2D eigenvalue weighted by atomic mass is 10.2. The standard InChI is InChI=1S/C10H11ClFN3O2/c1-10(2)13-9(17)15(14-10)7-4-8(16)5(11)3-6(7)12/h3-4,14,16H,1-2H3,(H,13,17). The van der Waals surface area contributed by atoms with Crippen LogP contribution in [0.25, 0.3) is 0 Å². The third-order valence-corrected chi connectivity index (χ3v) is 2.57. The second kappa shape index (κ2) is 3.75. The van der Waals surface area contributed by atoms with Crippen molar-refractivity contribution in [3.8, 4) is 5.75 Å². The molecule has 5 nitrogen and oxygen atoms in total. The molecule has 1 aliphatic rings. The summed E-state index contributed by atoms with van der Waals surface area (Å²) in [6.07, 6.45) is 0. The van der Waals surface area contributed by atoms with Crippen LogP contribution in [0.4, 0.5) is 14.9 Å².